The molecule has 0 aliphatic rings. The lowest BCUT2D eigenvalue weighted by molar-refractivity contribution is -0.112. The quantitative estimate of drug-likeness (QED) is 0.712. The largest absolute Gasteiger partial charge is 0.443 e. The third-order valence-corrected chi connectivity index (χ3v) is 4.00. The zero-order chi connectivity index (χ0) is 14.4. The standard InChI is InChI=1S/C14H27NO3/c1-7-13(4,5)11(10-16)15-12(17)18-14(6,8-2)9-3/h10-11H,7-9H2,1-6H3,(H,15,17). The minimum atomic E-state index is -0.520. The van der Waals surface area contributed by atoms with Gasteiger partial charge in [0.15, 0.2) is 0 Å². The number of aldehydes is 1. The van der Waals surface area contributed by atoms with Crippen LogP contribution in [-0.2, 0) is 9.53 Å². The van der Waals surface area contributed by atoms with Gasteiger partial charge in [0.2, 0.25) is 0 Å². The molecule has 1 unspecified atom stereocenters. The Hall–Kier alpha value is -1.06. The van der Waals surface area contributed by atoms with E-state index < -0.39 is 17.7 Å². The Morgan fingerprint density at radius 2 is 1.67 bits per heavy atom. The fraction of sp³-hybridized carbons (Fsp3) is 0.857. The van der Waals surface area contributed by atoms with Gasteiger partial charge in [-0.3, -0.25) is 0 Å². The third-order valence-electron chi connectivity index (χ3n) is 4.00. The summed E-state index contributed by atoms with van der Waals surface area (Å²) < 4.78 is 5.40. The maximum Gasteiger partial charge on any atom is 0.408 e. The average Bonchev–Trinajstić information content (AvgIpc) is 2.35. The molecule has 0 rings (SSSR count). The number of hydrogen-bond acceptors (Lipinski definition) is 3. The van der Waals surface area contributed by atoms with E-state index in [0.29, 0.717) is 0 Å². The summed E-state index contributed by atoms with van der Waals surface area (Å²) in [5, 5.41) is 2.65. The Labute approximate surface area is 110 Å². The average molecular weight is 257 g/mol. The molecule has 0 aromatic heterocycles. The summed E-state index contributed by atoms with van der Waals surface area (Å²) in [5.41, 5.74) is -0.733. The first-order chi connectivity index (χ1) is 8.24. The first kappa shape index (κ1) is 16.9. The van der Waals surface area contributed by atoms with E-state index in [1.807, 2.05) is 41.5 Å². The van der Waals surface area contributed by atoms with Gasteiger partial charge >= 0.3 is 6.09 Å². The summed E-state index contributed by atoms with van der Waals surface area (Å²) in [5.74, 6) is 0. The van der Waals surface area contributed by atoms with Gasteiger partial charge in [0.25, 0.3) is 0 Å². The lowest BCUT2D eigenvalue weighted by Gasteiger charge is -2.32. The van der Waals surface area contributed by atoms with E-state index in [2.05, 4.69) is 5.32 Å². The lowest BCUT2D eigenvalue weighted by Crippen LogP contribution is -2.48. The van der Waals surface area contributed by atoms with Crippen LogP contribution in [0.4, 0.5) is 4.79 Å². The van der Waals surface area contributed by atoms with E-state index in [-0.39, 0.29) is 5.41 Å². The van der Waals surface area contributed by atoms with Crippen molar-refractivity contribution in [2.75, 3.05) is 0 Å². The van der Waals surface area contributed by atoms with Crippen molar-refractivity contribution in [3.63, 3.8) is 0 Å². The second kappa shape index (κ2) is 6.76. The van der Waals surface area contributed by atoms with E-state index in [9.17, 15) is 9.59 Å². The molecule has 4 heteroatoms. The molecule has 0 spiro atoms. The molecule has 18 heavy (non-hydrogen) atoms. The van der Waals surface area contributed by atoms with Gasteiger partial charge in [-0.25, -0.2) is 4.79 Å². The molecular weight excluding hydrogens is 230 g/mol. The lowest BCUT2D eigenvalue weighted by atomic mass is 9.82. The number of carbonyl (C=O) groups excluding carboxylic acids is 2. The van der Waals surface area contributed by atoms with Crippen LogP contribution >= 0.6 is 0 Å². The van der Waals surface area contributed by atoms with Crippen LogP contribution in [0.2, 0.25) is 0 Å². The van der Waals surface area contributed by atoms with Crippen LogP contribution in [-0.4, -0.2) is 24.0 Å². The Kier molecular flexibility index (Phi) is 6.36. The second-order valence-corrected chi connectivity index (χ2v) is 5.65. The first-order valence-corrected chi connectivity index (χ1v) is 6.69. The fourth-order valence-corrected chi connectivity index (χ4v) is 1.41. The molecular formula is C14H27NO3. The highest BCUT2D eigenvalue weighted by molar-refractivity contribution is 5.74. The number of ether oxygens (including phenoxy) is 1. The van der Waals surface area contributed by atoms with Crippen LogP contribution in [0.3, 0.4) is 0 Å². The molecule has 1 N–H and O–H groups in total. The molecule has 4 nitrogen and oxygen atoms in total. The summed E-state index contributed by atoms with van der Waals surface area (Å²) in [4.78, 5) is 22.9. The summed E-state index contributed by atoms with van der Waals surface area (Å²) in [6.07, 6.45) is 2.56. The highest BCUT2D eigenvalue weighted by Gasteiger charge is 2.31. The second-order valence-electron chi connectivity index (χ2n) is 5.65. The zero-order valence-electron chi connectivity index (χ0n) is 12.5. The third kappa shape index (κ3) is 4.67. The van der Waals surface area contributed by atoms with Crippen molar-refractivity contribution in [1.82, 2.24) is 5.32 Å². The molecule has 0 aromatic carbocycles. The first-order valence-electron chi connectivity index (χ1n) is 6.69. The van der Waals surface area contributed by atoms with Gasteiger partial charge in [-0.1, -0.05) is 34.6 Å². The van der Waals surface area contributed by atoms with Gasteiger partial charge in [0.05, 0.1) is 6.04 Å². The topological polar surface area (TPSA) is 55.4 Å². The molecule has 1 atom stereocenters. The molecule has 0 heterocycles. The predicted octanol–water partition coefficient (Wildman–Crippen LogP) is 3.30. The highest BCUT2D eigenvalue weighted by atomic mass is 16.6. The fourth-order valence-electron chi connectivity index (χ4n) is 1.41. The van der Waals surface area contributed by atoms with Crippen molar-refractivity contribution < 1.29 is 14.3 Å². The van der Waals surface area contributed by atoms with Gasteiger partial charge in [-0.15, -0.1) is 0 Å². The van der Waals surface area contributed by atoms with Crippen molar-refractivity contribution in [2.24, 2.45) is 5.41 Å². The Bertz CT molecular complexity index is 283. The van der Waals surface area contributed by atoms with Crippen LogP contribution in [0.15, 0.2) is 0 Å². The summed E-state index contributed by atoms with van der Waals surface area (Å²) in [7, 11) is 0. The number of rotatable bonds is 7. The van der Waals surface area contributed by atoms with Gasteiger partial charge in [-0.2, -0.15) is 0 Å². The molecule has 106 valence electrons. The molecule has 1 amide bonds. The smallest absolute Gasteiger partial charge is 0.408 e. The molecule has 0 radical (unpaired) electrons. The molecule has 0 fully saturated rings. The van der Waals surface area contributed by atoms with Crippen LogP contribution in [0.1, 0.15) is 60.8 Å². The Morgan fingerprint density at radius 1 is 1.17 bits per heavy atom. The maximum atomic E-state index is 11.8. The van der Waals surface area contributed by atoms with Crippen molar-refractivity contribution in [1.29, 1.82) is 0 Å². The zero-order valence-corrected chi connectivity index (χ0v) is 12.5. The van der Waals surface area contributed by atoms with Crippen LogP contribution < -0.4 is 5.32 Å². The van der Waals surface area contributed by atoms with Crippen LogP contribution in [0, 0.1) is 5.41 Å². The van der Waals surface area contributed by atoms with Gasteiger partial charge < -0.3 is 14.8 Å². The Balaban J connectivity index is 4.60. The summed E-state index contributed by atoms with van der Waals surface area (Å²) in [6.45, 7) is 11.7. The van der Waals surface area contributed by atoms with Crippen molar-refractivity contribution >= 4 is 12.4 Å². The predicted molar refractivity (Wildman–Crippen MR) is 72.5 cm³/mol. The minimum Gasteiger partial charge on any atom is -0.443 e. The summed E-state index contributed by atoms with van der Waals surface area (Å²) in [6, 6.07) is -0.520. The van der Waals surface area contributed by atoms with Gasteiger partial charge in [0, 0.05) is 0 Å². The molecule has 0 aromatic rings. The monoisotopic (exact) mass is 257 g/mol. The van der Waals surface area contributed by atoms with Gasteiger partial charge in [-0.05, 0) is 31.6 Å². The molecule has 0 aliphatic heterocycles. The molecule has 0 aliphatic carbocycles. The van der Waals surface area contributed by atoms with Crippen LogP contribution in [0.5, 0.6) is 0 Å². The number of nitrogens with one attached hydrogen (secondary N) is 1. The van der Waals surface area contributed by atoms with Crippen LogP contribution in [0.25, 0.3) is 0 Å². The van der Waals surface area contributed by atoms with Gasteiger partial charge in [0.1, 0.15) is 11.9 Å². The van der Waals surface area contributed by atoms with Crippen molar-refractivity contribution in [2.45, 2.75) is 72.4 Å². The van der Waals surface area contributed by atoms with E-state index >= 15 is 0 Å². The molecule has 0 saturated heterocycles. The van der Waals surface area contributed by atoms with Crippen molar-refractivity contribution in [3.8, 4) is 0 Å². The minimum absolute atomic E-state index is 0.268. The van der Waals surface area contributed by atoms with E-state index in [4.69, 9.17) is 4.74 Å². The summed E-state index contributed by atoms with van der Waals surface area (Å²) >= 11 is 0. The van der Waals surface area contributed by atoms with Crippen molar-refractivity contribution in [3.05, 3.63) is 0 Å². The van der Waals surface area contributed by atoms with E-state index in [1.54, 1.807) is 0 Å². The molecule has 0 saturated carbocycles. The highest BCUT2D eigenvalue weighted by Crippen LogP contribution is 2.24. The maximum absolute atomic E-state index is 11.8. The Morgan fingerprint density at radius 3 is 2.00 bits per heavy atom. The molecule has 0 bridgehead atoms. The number of hydrogen-bond donors (Lipinski definition) is 1. The SMILES string of the molecule is CCC(C)(CC)OC(=O)NC(C=O)C(C)(C)CC. The normalized spacial score (nSPS) is 13.9. The number of alkyl carbamates (subject to hydrolysis) is 1. The van der Waals surface area contributed by atoms with E-state index in [1.165, 1.54) is 0 Å². The number of carbonyl (C=O) groups is 2. The van der Waals surface area contributed by atoms with E-state index in [0.717, 1.165) is 25.5 Å². The number of amides is 1.